The standard InChI is InChI=1S/C12H21N3O4/c1-14(2)9-6-7-15(8-9)12(19)13-10(16)4-3-5-11(17)18/h9H,3-8H2,1-2H3,(H,17,18)(H,13,16,19). The molecule has 1 fully saturated rings. The Morgan fingerprint density at radius 2 is 2.00 bits per heavy atom. The molecule has 0 aromatic rings. The second kappa shape index (κ2) is 7.08. The van der Waals surface area contributed by atoms with E-state index in [9.17, 15) is 14.4 Å². The molecule has 7 nitrogen and oxygen atoms in total. The summed E-state index contributed by atoms with van der Waals surface area (Å²) in [6.45, 7) is 1.25. The molecule has 2 N–H and O–H groups in total. The number of likely N-dealkylation sites (N-methyl/N-ethyl adjacent to an activating group) is 1. The Hall–Kier alpha value is -1.63. The molecular weight excluding hydrogens is 250 g/mol. The van der Waals surface area contributed by atoms with E-state index in [4.69, 9.17) is 5.11 Å². The van der Waals surface area contributed by atoms with Gasteiger partial charge in [-0.15, -0.1) is 0 Å². The number of urea groups is 1. The second-order valence-corrected chi connectivity index (χ2v) is 4.95. The number of nitrogens with one attached hydrogen (secondary N) is 1. The Labute approximate surface area is 112 Å². The fourth-order valence-electron chi connectivity index (χ4n) is 2.01. The van der Waals surface area contributed by atoms with Gasteiger partial charge >= 0.3 is 12.0 Å². The topological polar surface area (TPSA) is 90.0 Å². The lowest BCUT2D eigenvalue weighted by Crippen LogP contribution is -2.43. The van der Waals surface area contributed by atoms with Gasteiger partial charge in [-0.05, 0) is 26.9 Å². The van der Waals surface area contributed by atoms with Crippen molar-refractivity contribution in [3.05, 3.63) is 0 Å². The largest absolute Gasteiger partial charge is 0.481 e. The van der Waals surface area contributed by atoms with Gasteiger partial charge in [0.1, 0.15) is 0 Å². The van der Waals surface area contributed by atoms with Gasteiger partial charge in [0.2, 0.25) is 5.91 Å². The molecule has 1 unspecified atom stereocenters. The first-order valence-electron chi connectivity index (χ1n) is 6.37. The van der Waals surface area contributed by atoms with Crippen LogP contribution in [0.3, 0.4) is 0 Å². The number of amides is 3. The minimum absolute atomic E-state index is 0.0585. The number of aliphatic carboxylic acids is 1. The maximum atomic E-state index is 11.8. The SMILES string of the molecule is CN(C)C1CCN(C(=O)NC(=O)CCCC(=O)O)C1. The number of likely N-dealkylation sites (tertiary alicyclic amines) is 1. The number of nitrogens with zero attached hydrogens (tertiary/aromatic N) is 2. The average molecular weight is 271 g/mol. The molecule has 108 valence electrons. The zero-order valence-electron chi connectivity index (χ0n) is 11.4. The van der Waals surface area contributed by atoms with E-state index in [1.165, 1.54) is 0 Å². The highest BCUT2D eigenvalue weighted by Gasteiger charge is 2.28. The number of hydrogen-bond donors (Lipinski definition) is 2. The third-order valence-corrected chi connectivity index (χ3v) is 3.22. The van der Waals surface area contributed by atoms with Crippen LogP contribution in [-0.2, 0) is 9.59 Å². The highest BCUT2D eigenvalue weighted by atomic mass is 16.4. The summed E-state index contributed by atoms with van der Waals surface area (Å²) in [5.74, 6) is -1.35. The van der Waals surface area contributed by atoms with Crippen LogP contribution < -0.4 is 5.32 Å². The molecule has 7 heteroatoms. The van der Waals surface area contributed by atoms with Crippen molar-refractivity contribution in [2.24, 2.45) is 0 Å². The number of carbonyl (C=O) groups excluding carboxylic acids is 2. The molecule has 1 atom stereocenters. The lowest BCUT2D eigenvalue weighted by atomic mass is 10.2. The summed E-state index contributed by atoms with van der Waals surface area (Å²) >= 11 is 0. The lowest BCUT2D eigenvalue weighted by molar-refractivity contribution is -0.137. The van der Waals surface area contributed by atoms with Crippen LogP contribution in [0.15, 0.2) is 0 Å². The molecule has 3 amide bonds. The number of imide groups is 1. The fraction of sp³-hybridized carbons (Fsp3) is 0.750. The number of carboxylic acid groups (broad SMARTS) is 1. The van der Waals surface area contributed by atoms with Gasteiger partial charge in [0.15, 0.2) is 0 Å². The summed E-state index contributed by atoms with van der Waals surface area (Å²) < 4.78 is 0. The van der Waals surface area contributed by atoms with Gasteiger partial charge in [0.05, 0.1) is 0 Å². The van der Waals surface area contributed by atoms with Crippen LogP contribution in [0.2, 0.25) is 0 Å². The molecule has 19 heavy (non-hydrogen) atoms. The van der Waals surface area contributed by atoms with E-state index in [0.29, 0.717) is 19.1 Å². The zero-order chi connectivity index (χ0) is 14.4. The van der Waals surface area contributed by atoms with Crippen LogP contribution in [0.25, 0.3) is 0 Å². The molecule has 0 aliphatic carbocycles. The molecule has 1 aliphatic rings. The molecule has 1 aliphatic heterocycles. The van der Waals surface area contributed by atoms with Crippen molar-refractivity contribution < 1.29 is 19.5 Å². The first-order chi connectivity index (χ1) is 8.90. The van der Waals surface area contributed by atoms with Crippen molar-refractivity contribution in [1.82, 2.24) is 15.1 Å². The first kappa shape index (κ1) is 15.4. The van der Waals surface area contributed by atoms with Crippen molar-refractivity contribution in [3.63, 3.8) is 0 Å². The van der Waals surface area contributed by atoms with Crippen LogP contribution in [0, 0.1) is 0 Å². The predicted octanol–water partition coefficient (Wildman–Crippen LogP) is 0.113. The molecule has 0 radical (unpaired) electrons. The van der Waals surface area contributed by atoms with Crippen molar-refractivity contribution in [2.45, 2.75) is 31.7 Å². The van der Waals surface area contributed by atoms with Gasteiger partial charge in [-0.25, -0.2) is 4.79 Å². The minimum Gasteiger partial charge on any atom is -0.481 e. The Morgan fingerprint density at radius 1 is 1.32 bits per heavy atom. The summed E-state index contributed by atoms with van der Waals surface area (Å²) in [7, 11) is 3.92. The zero-order valence-corrected chi connectivity index (χ0v) is 11.4. The van der Waals surface area contributed by atoms with E-state index in [1.807, 2.05) is 14.1 Å². The van der Waals surface area contributed by atoms with Crippen molar-refractivity contribution >= 4 is 17.9 Å². The predicted molar refractivity (Wildman–Crippen MR) is 68.7 cm³/mol. The molecule has 0 aromatic heterocycles. The Morgan fingerprint density at radius 3 is 2.53 bits per heavy atom. The normalized spacial score (nSPS) is 18.7. The highest BCUT2D eigenvalue weighted by molar-refractivity contribution is 5.94. The molecular formula is C12H21N3O4. The van der Waals surface area contributed by atoms with E-state index in [2.05, 4.69) is 10.2 Å². The summed E-state index contributed by atoms with van der Waals surface area (Å²) in [6.07, 6.45) is 1.14. The third-order valence-electron chi connectivity index (χ3n) is 3.22. The van der Waals surface area contributed by atoms with Crippen molar-refractivity contribution in [3.8, 4) is 0 Å². The van der Waals surface area contributed by atoms with Gasteiger partial charge in [0, 0.05) is 32.0 Å². The lowest BCUT2D eigenvalue weighted by Gasteiger charge is -2.20. The van der Waals surface area contributed by atoms with Crippen LogP contribution >= 0.6 is 0 Å². The fourth-order valence-corrected chi connectivity index (χ4v) is 2.01. The minimum atomic E-state index is -0.938. The van der Waals surface area contributed by atoms with Crippen LogP contribution in [0.5, 0.6) is 0 Å². The van der Waals surface area contributed by atoms with E-state index < -0.39 is 11.9 Å². The summed E-state index contributed by atoms with van der Waals surface area (Å²) in [5.41, 5.74) is 0. The van der Waals surface area contributed by atoms with E-state index in [0.717, 1.165) is 6.42 Å². The molecule has 0 saturated carbocycles. The van der Waals surface area contributed by atoms with Crippen LogP contribution in [0.4, 0.5) is 4.79 Å². The molecule has 1 rings (SSSR count). The van der Waals surface area contributed by atoms with Crippen LogP contribution in [0.1, 0.15) is 25.7 Å². The Balaban J connectivity index is 2.27. The van der Waals surface area contributed by atoms with Gasteiger partial charge in [0.25, 0.3) is 0 Å². The summed E-state index contributed by atoms with van der Waals surface area (Å²) in [4.78, 5) is 37.2. The van der Waals surface area contributed by atoms with Gasteiger partial charge < -0.3 is 14.9 Å². The number of hydrogen-bond acceptors (Lipinski definition) is 4. The molecule has 0 bridgehead atoms. The Bertz CT molecular complexity index is 357. The number of rotatable bonds is 5. The third kappa shape index (κ3) is 5.25. The number of carbonyl (C=O) groups is 3. The van der Waals surface area contributed by atoms with Crippen molar-refractivity contribution in [2.75, 3.05) is 27.2 Å². The van der Waals surface area contributed by atoms with E-state index >= 15 is 0 Å². The monoisotopic (exact) mass is 271 g/mol. The Kier molecular flexibility index (Phi) is 5.75. The van der Waals surface area contributed by atoms with Crippen LogP contribution in [-0.4, -0.2) is 66.0 Å². The van der Waals surface area contributed by atoms with E-state index in [-0.39, 0.29) is 25.3 Å². The number of carboxylic acids is 1. The summed E-state index contributed by atoms with van der Waals surface area (Å²) in [6, 6.07) is -0.0578. The van der Waals surface area contributed by atoms with Gasteiger partial charge in [-0.3, -0.25) is 14.9 Å². The average Bonchev–Trinajstić information content (AvgIpc) is 2.77. The molecule has 0 aromatic carbocycles. The van der Waals surface area contributed by atoms with Gasteiger partial charge in [-0.1, -0.05) is 0 Å². The molecule has 0 spiro atoms. The van der Waals surface area contributed by atoms with E-state index in [1.54, 1.807) is 4.90 Å². The smallest absolute Gasteiger partial charge is 0.324 e. The molecule has 1 saturated heterocycles. The second-order valence-electron chi connectivity index (χ2n) is 4.95. The first-order valence-corrected chi connectivity index (χ1v) is 6.37. The maximum absolute atomic E-state index is 11.8. The quantitative estimate of drug-likeness (QED) is 0.741. The summed E-state index contributed by atoms with van der Waals surface area (Å²) in [5, 5.41) is 10.7. The van der Waals surface area contributed by atoms with Crippen molar-refractivity contribution in [1.29, 1.82) is 0 Å². The van der Waals surface area contributed by atoms with Gasteiger partial charge in [-0.2, -0.15) is 0 Å². The molecule has 1 heterocycles. The maximum Gasteiger partial charge on any atom is 0.324 e. The highest BCUT2D eigenvalue weighted by Crippen LogP contribution is 2.12.